The fraction of sp³-hybridized carbons (Fsp3) is 0.120. The van der Waals surface area contributed by atoms with Gasteiger partial charge < -0.3 is 4.74 Å². The summed E-state index contributed by atoms with van der Waals surface area (Å²) in [6.45, 7) is 2.55. The molecule has 1 fully saturated rings. The molecule has 1 heterocycles. The molecular formula is C25H18I2N2O5S. The number of nitro benzene ring substituents is 1. The highest BCUT2D eigenvalue weighted by atomic mass is 127. The Morgan fingerprint density at radius 2 is 1.71 bits per heavy atom. The van der Waals surface area contributed by atoms with Crippen molar-refractivity contribution in [2.75, 3.05) is 0 Å². The summed E-state index contributed by atoms with van der Waals surface area (Å²) in [6, 6.07) is 17.8. The number of ether oxygens (including phenoxy) is 1. The van der Waals surface area contributed by atoms with Gasteiger partial charge in [0.2, 0.25) is 0 Å². The van der Waals surface area contributed by atoms with Crippen LogP contribution in [0.5, 0.6) is 5.75 Å². The number of nitrogens with zero attached hydrogens (tertiary/aromatic N) is 2. The Kier molecular flexibility index (Phi) is 8.12. The number of halogens is 2. The van der Waals surface area contributed by atoms with Crippen molar-refractivity contribution in [2.45, 2.75) is 20.1 Å². The zero-order chi connectivity index (χ0) is 25.1. The van der Waals surface area contributed by atoms with E-state index in [0.29, 0.717) is 17.1 Å². The summed E-state index contributed by atoms with van der Waals surface area (Å²) in [7, 11) is 0. The Morgan fingerprint density at radius 3 is 2.34 bits per heavy atom. The Balaban J connectivity index is 1.48. The molecule has 0 saturated carbocycles. The number of imide groups is 1. The summed E-state index contributed by atoms with van der Waals surface area (Å²) in [5, 5.41) is 10.5. The molecule has 1 saturated heterocycles. The molecule has 0 aromatic heterocycles. The Labute approximate surface area is 233 Å². The summed E-state index contributed by atoms with van der Waals surface area (Å²) in [4.78, 5) is 37.2. The van der Waals surface area contributed by atoms with Gasteiger partial charge in [-0.15, -0.1) is 0 Å². The first kappa shape index (κ1) is 25.6. The second-order valence-electron chi connectivity index (χ2n) is 7.78. The number of aryl methyl sites for hydroxylation is 1. The minimum atomic E-state index is -0.492. The number of hydrogen-bond donors (Lipinski definition) is 0. The fourth-order valence-electron chi connectivity index (χ4n) is 3.45. The minimum Gasteiger partial charge on any atom is -0.487 e. The van der Waals surface area contributed by atoms with Crippen LogP contribution in [-0.4, -0.2) is 21.0 Å². The standard InChI is InChI=1S/C25H18I2N2O5S/c1-15-3-2-4-17(9-15)14-34-23-20(26)10-18(11-21(23)27)12-22-24(30)28(25(31)35-22)13-16-5-7-19(8-6-16)29(32)33/h2-12H,13-14H2,1H3/b22-12-. The number of hydrogen-bond acceptors (Lipinski definition) is 6. The average molecular weight is 712 g/mol. The van der Waals surface area contributed by atoms with Gasteiger partial charge in [0.1, 0.15) is 12.4 Å². The molecule has 0 atom stereocenters. The van der Waals surface area contributed by atoms with E-state index in [2.05, 4.69) is 51.2 Å². The number of benzene rings is 3. The molecule has 3 aromatic carbocycles. The van der Waals surface area contributed by atoms with Gasteiger partial charge in [0, 0.05) is 12.1 Å². The van der Waals surface area contributed by atoms with Crippen molar-refractivity contribution in [3.05, 3.63) is 105 Å². The van der Waals surface area contributed by atoms with E-state index in [0.717, 1.165) is 40.7 Å². The molecule has 0 unspecified atom stereocenters. The van der Waals surface area contributed by atoms with Crippen molar-refractivity contribution >= 4 is 79.9 Å². The number of carbonyl (C=O) groups excluding carboxylic acids is 2. The van der Waals surface area contributed by atoms with E-state index >= 15 is 0 Å². The van der Waals surface area contributed by atoms with E-state index in [1.54, 1.807) is 18.2 Å². The normalized spacial score (nSPS) is 14.6. The molecule has 0 spiro atoms. The number of amides is 2. The van der Waals surface area contributed by atoms with Crippen LogP contribution in [0.1, 0.15) is 22.3 Å². The summed E-state index contributed by atoms with van der Waals surface area (Å²) >= 11 is 5.30. The quantitative estimate of drug-likeness (QED) is 0.114. The highest BCUT2D eigenvalue weighted by molar-refractivity contribution is 14.1. The van der Waals surface area contributed by atoms with Crippen LogP contribution >= 0.6 is 56.9 Å². The second-order valence-corrected chi connectivity index (χ2v) is 11.1. The second kappa shape index (κ2) is 11.1. The van der Waals surface area contributed by atoms with Crippen molar-refractivity contribution in [1.82, 2.24) is 4.90 Å². The van der Waals surface area contributed by atoms with Gasteiger partial charge in [-0.3, -0.25) is 24.6 Å². The van der Waals surface area contributed by atoms with E-state index < -0.39 is 4.92 Å². The molecule has 0 N–H and O–H groups in total. The smallest absolute Gasteiger partial charge is 0.293 e. The lowest BCUT2D eigenvalue weighted by atomic mass is 10.1. The first-order valence-electron chi connectivity index (χ1n) is 10.4. The molecule has 35 heavy (non-hydrogen) atoms. The zero-order valence-electron chi connectivity index (χ0n) is 18.4. The highest BCUT2D eigenvalue weighted by Crippen LogP contribution is 2.36. The number of non-ortho nitro benzene ring substituents is 1. The molecule has 178 valence electrons. The summed E-state index contributed by atoms with van der Waals surface area (Å²) in [6.07, 6.45) is 1.70. The Hall–Kier alpha value is -2.45. The van der Waals surface area contributed by atoms with Crippen LogP contribution in [0, 0.1) is 24.2 Å². The van der Waals surface area contributed by atoms with Crippen LogP contribution in [-0.2, 0) is 17.9 Å². The molecule has 4 rings (SSSR count). The topological polar surface area (TPSA) is 89.8 Å². The number of thioether (sulfide) groups is 1. The van der Waals surface area contributed by atoms with Crippen molar-refractivity contribution < 1.29 is 19.2 Å². The van der Waals surface area contributed by atoms with E-state index in [1.165, 1.54) is 17.7 Å². The molecule has 10 heteroatoms. The Morgan fingerprint density at radius 1 is 1.03 bits per heavy atom. The van der Waals surface area contributed by atoms with Crippen molar-refractivity contribution in [3.8, 4) is 5.75 Å². The van der Waals surface area contributed by atoms with Gasteiger partial charge >= 0.3 is 0 Å². The highest BCUT2D eigenvalue weighted by Gasteiger charge is 2.35. The van der Waals surface area contributed by atoms with Crippen molar-refractivity contribution in [2.24, 2.45) is 0 Å². The third kappa shape index (κ3) is 6.22. The maximum atomic E-state index is 12.9. The van der Waals surface area contributed by atoms with Crippen molar-refractivity contribution in [3.63, 3.8) is 0 Å². The van der Waals surface area contributed by atoms with Gasteiger partial charge in [0.15, 0.2) is 0 Å². The van der Waals surface area contributed by atoms with Crippen LogP contribution < -0.4 is 4.74 Å². The van der Waals surface area contributed by atoms with Crippen LogP contribution in [0.15, 0.2) is 65.6 Å². The fourth-order valence-corrected chi connectivity index (χ4v) is 6.42. The predicted octanol–water partition coefficient (Wildman–Crippen LogP) is 6.93. The van der Waals surface area contributed by atoms with Crippen LogP contribution in [0.3, 0.4) is 0 Å². The third-order valence-corrected chi connectivity index (χ3v) is 7.66. The lowest BCUT2D eigenvalue weighted by Crippen LogP contribution is -2.27. The van der Waals surface area contributed by atoms with E-state index in [4.69, 9.17) is 4.74 Å². The lowest BCUT2D eigenvalue weighted by Gasteiger charge is -2.13. The van der Waals surface area contributed by atoms with Crippen LogP contribution in [0.2, 0.25) is 0 Å². The first-order chi connectivity index (χ1) is 16.7. The van der Waals surface area contributed by atoms with Crippen molar-refractivity contribution in [1.29, 1.82) is 0 Å². The van der Waals surface area contributed by atoms with Gasteiger partial charge in [-0.25, -0.2) is 0 Å². The SMILES string of the molecule is Cc1cccc(COc2c(I)cc(/C=C3\SC(=O)N(Cc4ccc([N+](=O)[O-])cc4)C3=O)cc2I)c1. The molecule has 2 amide bonds. The molecular weight excluding hydrogens is 694 g/mol. The van der Waals surface area contributed by atoms with Gasteiger partial charge in [-0.05, 0) is 98.8 Å². The van der Waals surface area contributed by atoms with E-state index in [1.807, 2.05) is 37.3 Å². The molecule has 1 aliphatic heterocycles. The maximum absolute atomic E-state index is 12.9. The molecule has 3 aromatic rings. The third-order valence-electron chi connectivity index (χ3n) is 5.15. The molecule has 0 radical (unpaired) electrons. The predicted molar refractivity (Wildman–Crippen MR) is 152 cm³/mol. The largest absolute Gasteiger partial charge is 0.487 e. The number of nitro groups is 1. The van der Waals surface area contributed by atoms with Gasteiger partial charge in [-0.2, -0.15) is 0 Å². The first-order valence-corrected chi connectivity index (χ1v) is 13.3. The number of rotatable bonds is 7. The molecule has 7 nitrogen and oxygen atoms in total. The average Bonchev–Trinajstić information content (AvgIpc) is 3.06. The number of carbonyl (C=O) groups is 2. The van der Waals surface area contributed by atoms with E-state index in [-0.39, 0.29) is 23.4 Å². The summed E-state index contributed by atoms with van der Waals surface area (Å²) < 4.78 is 7.87. The zero-order valence-corrected chi connectivity index (χ0v) is 23.5. The van der Waals surface area contributed by atoms with Crippen LogP contribution in [0.4, 0.5) is 10.5 Å². The lowest BCUT2D eigenvalue weighted by molar-refractivity contribution is -0.384. The Bertz CT molecular complexity index is 1340. The molecule has 1 aliphatic rings. The van der Waals surface area contributed by atoms with Gasteiger partial charge in [0.25, 0.3) is 16.8 Å². The molecule has 0 aliphatic carbocycles. The summed E-state index contributed by atoms with van der Waals surface area (Å²) in [5.74, 6) is 0.388. The van der Waals surface area contributed by atoms with Crippen LogP contribution in [0.25, 0.3) is 6.08 Å². The van der Waals surface area contributed by atoms with Gasteiger partial charge in [-0.1, -0.05) is 42.0 Å². The summed E-state index contributed by atoms with van der Waals surface area (Å²) in [5.41, 5.74) is 3.65. The van der Waals surface area contributed by atoms with Gasteiger partial charge in [0.05, 0.1) is 23.5 Å². The minimum absolute atomic E-state index is 0.0432. The molecule has 0 bridgehead atoms. The van der Waals surface area contributed by atoms with E-state index in [9.17, 15) is 19.7 Å². The maximum Gasteiger partial charge on any atom is 0.293 e. The monoisotopic (exact) mass is 712 g/mol.